The molecule has 0 saturated heterocycles. The molecule has 0 radical (unpaired) electrons. The molecule has 7 nitrogen and oxygen atoms in total. The minimum Gasteiger partial charge on any atom is -0.497 e. The van der Waals surface area contributed by atoms with Crippen molar-refractivity contribution in [3.05, 3.63) is 29.8 Å². The van der Waals surface area contributed by atoms with E-state index in [2.05, 4.69) is 20.8 Å². The maximum atomic E-state index is 12.2. The van der Waals surface area contributed by atoms with E-state index in [-0.39, 0.29) is 11.2 Å². The van der Waals surface area contributed by atoms with Gasteiger partial charge in [0.25, 0.3) is 0 Å². The van der Waals surface area contributed by atoms with Gasteiger partial charge in [-0.15, -0.1) is 5.10 Å². The number of nitrogens with zero attached hydrogens (tertiary/aromatic N) is 4. The van der Waals surface area contributed by atoms with Crippen LogP contribution in [-0.4, -0.2) is 45.0 Å². The Morgan fingerprint density at radius 1 is 1.42 bits per heavy atom. The van der Waals surface area contributed by atoms with E-state index < -0.39 is 0 Å². The van der Waals surface area contributed by atoms with Crippen LogP contribution in [0.25, 0.3) is 0 Å². The van der Waals surface area contributed by atoms with Gasteiger partial charge in [-0.1, -0.05) is 23.9 Å². The number of tetrazole rings is 1. The molecule has 1 unspecified atom stereocenters. The molecule has 1 saturated carbocycles. The van der Waals surface area contributed by atoms with Crippen molar-refractivity contribution >= 4 is 17.7 Å². The molecule has 8 heteroatoms. The van der Waals surface area contributed by atoms with E-state index >= 15 is 0 Å². The number of ether oxygens (including phenoxy) is 1. The molecule has 128 valence electrons. The predicted octanol–water partition coefficient (Wildman–Crippen LogP) is 1.86. The van der Waals surface area contributed by atoms with Gasteiger partial charge in [-0.2, -0.15) is 0 Å². The molecule has 1 aliphatic carbocycles. The van der Waals surface area contributed by atoms with Crippen LogP contribution >= 0.6 is 11.8 Å². The lowest BCUT2D eigenvalue weighted by atomic mass is 10.1. The van der Waals surface area contributed by atoms with Crippen molar-refractivity contribution in [3.8, 4) is 5.75 Å². The average molecular weight is 347 g/mol. The molecule has 1 N–H and O–H groups in total. The van der Waals surface area contributed by atoms with Crippen molar-refractivity contribution in [1.82, 2.24) is 25.5 Å². The lowest BCUT2D eigenvalue weighted by Gasteiger charge is -2.11. The first-order valence-corrected chi connectivity index (χ1v) is 8.90. The molecule has 0 bridgehead atoms. The zero-order valence-corrected chi connectivity index (χ0v) is 14.6. The minimum absolute atomic E-state index is 0.00106. The summed E-state index contributed by atoms with van der Waals surface area (Å²) in [5.74, 6) is 0.833. The van der Waals surface area contributed by atoms with E-state index in [1.807, 2.05) is 35.9 Å². The number of thioether (sulfide) groups is 1. The number of rotatable bonds is 8. The van der Waals surface area contributed by atoms with Crippen LogP contribution in [-0.2, 0) is 11.2 Å². The van der Waals surface area contributed by atoms with Crippen molar-refractivity contribution in [2.45, 2.75) is 42.6 Å². The van der Waals surface area contributed by atoms with E-state index in [4.69, 9.17) is 4.74 Å². The SMILES string of the molecule is COc1ccc(CCNC(=O)C(C)Sc2nnnn2C2CC2)cc1. The van der Waals surface area contributed by atoms with Gasteiger partial charge in [0.1, 0.15) is 5.75 Å². The third-order valence-electron chi connectivity index (χ3n) is 3.88. The molecule has 3 rings (SSSR count). The monoisotopic (exact) mass is 347 g/mol. The Labute approximate surface area is 145 Å². The van der Waals surface area contributed by atoms with Crippen LogP contribution in [0, 0.1) is 0 Å². The number of hydrogen-bond donors (Lipinski definition) is 1. The Morgan fingerprint density at radius 2 is 2.17 bits per heavy atom. The van der Waals surface area contributed by atoms with Gasteiger partial charge >= 0.3 is 0 Å². The summed E-state index contributed by atoms with van der Waals surface area (Å²) in [6.07, 6.45) is 3.01. The molecular formula is C16H21N5O2S. The number of amides is 1. The third kappa shape index (κ3) is 4.25. The number of carbonyl (C=O) groups excluding carboxylic acids is 1. The maximum Gasteiger partial charge on any atom is 0.233 e. The van der Waals surface area contributed by atoms with Gasteiger partial charge in [0.15, 0.2) is 0 Å². The fourth-order valence-corrected chi connectivity index (χ4v) is 3.17. The standard InChI is InChI=1S/C16H21N5O2S/c1-11(24-16-18-19-20-21(16)13-5-6-13)15(22)17-10-9-12-3-7-14(23-2)8-4-12/h3-4,7-8,11,13H,5-6,9-10H2,1-2H3,(H,17,22). The summed E-state index contributed by atoms with van der Waals surface area (Å²) >= 11 is 1.40. The molecule has 1 atom stereocenters. The summed E-state index contributed by atoms with van der Waals surface area (Å²) in [5.41, 5.74) is 1.16. The Hall–Kier alpha value is -2.09. The minimum atomic E-state index is -0.232. The average Bonchev–Trinajstić information content (AvgIpc) is 3.35. The van der Waals surface area contributed by atoms with Crippen LogP contribution in [0.3, 0.4) is 0 Å². The Kier molecular flexibility index (Phi) is 5.34. The third-order valence-corrected chi connectivity index (χ3v) is 4.93. The normalized spacial score (nSPS) is 15.1. The van der Waals surface area contributed by atoms with E-state index in [9.17, 15) is 4.79 Å². The second-order valence-corrected chi connectivity index (χ2v) is 7.09. The Morgan fingerprint density at radius 3 is 2.83 bits per heavy atom. The molecule has 0 aliphatic heterocycles. The first-order chi connectivity index (χ1) is 11.7. The van der Waals surface area contributed by atoms with Gasteiger partial charge in [0, 0.05) is 6.54 Å². The fourth-order valence-electron chi connectivity index (χ4n) is 2.29. The number of methoxy groups -OCH3 is 1. The maximum absolute atomic E-state index is 12.2. The first kappa shape index (κ1) is 16.8. The molecule has 1 aromatic carbocycles. The van der Waals surface area contributed by atoms with Gasteiger partial charge in [-0.05, 0) is 54.3 Å². The number of benzene rings is 1. The van der Waals surface area contributed by atoms with Crippen molar-refractivity contribution in [1.29, 1.82) is 0 Å². The molecular weight excluding hydrogens is 326 g/mol. The number of carbonyl (C=O) groups is 1. The summed E-state index contributed by atoms with van der Waals surface area (Å²) in [6, 6.07) is 8.27. The van der Waals surface area contributed by atoms with E-state index in [0.29, 0.717) is 12.6 Å². The van der Waals surface area contributed by atoms with Crippen LogP contribution in [0.15, 0.2) is 29.4 Å². The smallest absolute Gasteiger partial charge is 0.233 e. The van der Waals surface area contributed by atoms with E-state index in [1.165, 1.54) is 11.8 Å². The van der Waals surface area contributed by atoms with E-state index in [0.717, 1.165) is 35.7 Å². The number of nitrogens with one attached hydrogen (secondary N) is 1. The van der Waals surface area contributed by atoms with Gasteiger partial charge in [-0.3, -0.25) is 4.79 Å². The predicted molar refractivity (Wildman–Crippen MR) is 91.1 cm³/mol. The van der Waals surface area contributed by atoms with Crippen molar-refractivity contribution in [3.63, 3.8) is 0 Å². The Bertz CT molecular complexity index is 684. The van der Waals surface area contributed by atoms with Crippen molar-refractivity contribution in [2.24, 2.45) is 0 Å². The van der Waals surface area contributed by atoms with Crippen LogP contribution in [0.4, 0.5) is 0 Å². The summed E-state index contributed by atoms with van der Waals surface area (Å²) in [6.45, 7) is 2.48. The van der Waals surface area contributed by atoms with Crippen molar-refractivity contribution < 1.29 is 9.53 Å². The van der Waals surface area contributed by atoms with Crippen LogP contribution in [0.5, 0.6) is 5.75 Å². The van der Waals surface area contributed by atoms with Gasteiger partial charge in [0.05, 0.1) is 18.4 Å². The lowest BCUT2D eigenvalue weighted by Crippen LogP contribution is -2.32. The molecule has 1 aliphatic rings. The fraction of sp³-hybridized carbons (Fsp3) is 0.500. The number of aromatic nitrogens is 4. The number of hydrogen-bond acceptors (Lipinski definition) is 6. The summed E-state index contributed by atoms with van der Waals surface area (Å²) in [7, 11) is 1.65. The zero-order valence-electron chi connectivity index (χ0n) is 13.8. The highest BCUT2D eigenvalue weighted by Gasteiger charge is 2.29. The highest BCUT2D eigenvalue weighted by atomic mass is 32.2. The van der Waals surface area contributed by atoms with Crippen molar-refractivity contribution in [2.75, 3.05) is 13.7 Å². The van der Waals surface area contributed by atoms with Crippen LogP contribution < -0.4 is 10.1 Å². The van der Waals surface area contributed by atoms with Crippen LogP contribution in [0.1, 0.15) is 31.4 Å². The summed E-state index contributed by atoms with van der Waals surface area (Å²) < 4.78 is 6.96. The largest absolute Gasteiger partial charge is 0.497 e. The molecule has 1 amide bonds. The topological polar surface area (TPSA) is 81.9 Å². The first-order valence-electron chi connectivity index (χ1n) is 8.02. The van der Waals surface area contributed by atoms with E-state index in [1.54, 1.807) is 7.11 Å². The lowest BCUT2D eigenvalue weighted by molar-refractivity contribution is -0.120. The highest BCUT2D eigenvalue weighted by molar-refractivity contribution is 8.00. The summed E-state index contributed by atoms with van der Waals surface area (Å²) in [5, 5.41) is 15.2. The van der Waals surface area contributed by atoms with Gasteiger partial charge in [-0.25, -0.2) is 4.68 Å². The Balaban J connectivity index is 1.44. The molecule has 1 aromatic heterocycles. The second-order valence-electron chi connectivity index (χ2n) is 5.79. The molecule has 2 aromatic rings. The van der Waals surface area contributed by atoms with Crippen LogP contribution in [0.2, 0.25) is 0 Å². The molecule has 0 spiro atoms. The second kappa shape index (κ2) is 7.65. The molecule has 1 heterocycles. The van der Waals surface area contributed by atoms with Gasteiger partial charge < -0.3 is 10.1 Å². The molecule has 1 fully saturated rings. The zero-order chi connectivity index (χ0) is 16.9. The summed E-state index contributed by atoms with van der Waals surface area (Å²) in [4.78, 5) is 12.2. The highest BCUT2D eigenvalue weighted by Crippen LogP contribution is 2.37. The molecule has 24 heavy (non-hydrogen) atoms. The quantitative estimate of drug-likeness (QED) is 0.734. The van der Waals surface area contributed by atoms with Gasteiger partial charge in [0.2, 0.25) is 11.1 Å².